The molecule has 0 radical (unpaired) electrons. The number of amides is 1. The van der Waals surface area contributed by atoms with Gasteiger partial charge in [-0.1, -0.05) is 30.3 Å². The maximum Gasteiger partial charge on any atom is 0.419 e. The van der Waals surface area contributed by atoms with E-state index in [4.69, 9.17) is 14.9 Å². The van der Waals surface area contributed by atoms with Gasteiger partial charge < -0.3 is 20.2 Å². The largest absolute Gasteiger partial charge is 0.419 e. The molecule has 2 aromatic carbocycles. The second-order valence-electron chi connectivity index (χ2n) is 6.66. The van der Waals surface area contributed by atoms with Crippen LogP contribution in [0.1, 0.15) is 5.56 Å². The van der Waals surface area contributed by atoms with Gasteiger partial charge in [0.15, 0.2) is 5.58 Å². The molecule has 0 saturated heterocycles. The Labute approximate surface area is 167 Å². The summed E-state index contributed by atoms with van der Waals surface area (Å²) < 4.78 is 11.6. The number of hydrogen-bond acceptors (Lipinski definition) is 6. The maximum atomic E-state index is 12.0. The van der Waals surface area contributed by atoms with Crippen LogP contribution in [0.2, 0.25) is 0 Å². The van der Waals surface area contributed by atoms with Crippen LogP contribution in [0.25, 0.3) is 22.2 Å². The lowest BCUT2D eigenvalue weighted by Crippen LogP contribution is -2.45. The van der Waals surface area contributed by atoms with E-state index in [2.05, 4.69) is 11.4 Å². The third-order valence-corrected chi connectivity index (χ3v) is 4.78. The van der Waals surface area contributed by atoms with Crippen LogP contribution < -0.4 is 16.8 Å². The highest BCUT2D eigenvalue weighted by atomic mass is 16.5. The van der Waals surface area contributed by atoms with Crippen molar-refractivity contribution < 1.29 is 13.9 Å². The van der Waals surface area contributed by atoms with Gasteiger partial charge in [-0.3, -0.25) is 9.36 Å². The number of rotatable bonds is 7. The van der Waals surface area contributed by atoms with E-state index >= 15 is 0 Å². The highest BCUT2D eigenvalue weighted by Crippen LogP contribution is 2.24. The summed E-state index contributed by atoms with van der Waals surface area (Å²) in [6, 6.07) is 14.6. The second-order valence-corrected chi connectivity index (χ2v) is 6.66. The number of ether oxygens (including phenoxy) is 1. The number of methoxy groups -OCH3 is 1. The summed E-state index contributed by atoms with van der Waals surface area (Å²) in [5.41, 5.74) is 9.54. The van der Waals surface area contributed by atoms with Gasteiger partial charge in [0.05, 0.1) is 11.6 Å². The molecule has 29 heavy (non-hydrogen) atoms. The standard InChI is InChI=1S/C21H22N4O4/c1-25-17-10-15(7-8-18(17)29-21(25)27)14-5-3-13(4-6-14)9-16(11-22)24-20(26)19(12-23)28-2/h3-8,10,16,19H,9,12,23H2,1-2H3,(H,24,26)/t16-,19+/m0/s1. The lowest BCUT2D eigenvalue weighted by Gasteiger charge is -2.16. The summed E-state index contributed by atoms with van der Waals surface area (Å²) >= 11 is 0. The Hall–Kier alpha value is -3.41. The number of nitrogens with one attached hydrogen (secondary N) is 1. The van der Waals surface area contributed by atoms with E-state index in [9.17, 15) is 14.9 Å². The van der Waals surface area contributed by atoms with Crippen molar-refractivity contribution in [2.75, 3.05) is 13.7 Å². The number of aryl methyl sites for hydroxylation is 1. The molecule has 0 unspecified atom stereocenters. The third-order valence-electron chi connectivity index (χ3n) is 4.78. The molecular formula is C21H22N4O4. The molecule has 3 N–H and O–H groups in total. The molecule has 8 heteroatoms. The van der Waals surface area contributed by atoms with Crippen molar-refractivity contribution in [3.05, 3.63) is 58.6 Å². The minimum atomic E-state index is -0.776. The van der Waals surface area contributed by atoms with E-state index in [0.717, 1.165) is 22.2 Å². The van der Waals surface area contributed by atoms with E-state index in [0.29, 0.717) is 12.0 Å². The van der Waals surface area contributed by atoms with E-state index in [1.807, 2.05) is 36.4 Å². The van der Waals surface area contributed by atoms with Gasteiger partial charge in [-0.25, -0.2) is 4.79 Å². The number of nitrogens with zero attached hydrogens (tertiary/aromatic N) is 2. The number of nitriles is 1. The minimum absolute atomic E-state index is 0.0434. The van der Waals surface area contributed by atoms with Crippen molar-refractivity contribution in [1.82, 2.24) is 9.88 Å². The molecule has 3 rings (SSSR count). The van der Waals surface area contributed by atoms with E-state index < -0.39 is 23.8 Å². The zero-order valence-corrected chi connectivity index (χ0v) is 16.2. The lowest BCUT2D eigenvalue weighted by atomic mass is 10.0. The van der Waals surface area contributed by atoms with Crippen LogP contribution in [0, 0.1) is 11.3 Å². The Balaban J connectivity index is 1.74. The van der Waals surface area contributed by atoms with Gasteiger partial charge in [0.1, 0.15) is 12.1 Å². The average Bonchev–Trinajstić information content (AvgIpc) is 3.02. The molecule has 0 fully saturated rings. The summed E-state index contributed by atoms with van der Waals surface area (Å²) in [6.07, 6.45) is -0.416. The first-order valence-corrected chi connectivity index (χ1v) is 9.08. The Morgan fingerprint density at radius 2 is 1.97 bits per heavy atom. The zero-order chi connectivity index (χ0) is 21.0. The van der Waals surface area contributed by atoms with Gasteiger partial charge >= 0.3 is 5.76 Å². The first-order valence-electron chi connectivity index (χ1n) is 9.08. The smallest absolute Gasteiger partial charge is 0.408 e. The fraction of sp³-hybridized carbons (Fsp3) is 0.286. The van der Waals surface area contributed by atoms with Gasteiger partial charge in [-0.05, 0) is 28.8 Å². The highest BCUT2D eigenvalue weighted by molar-refractivity contribution is 5.82. The summed E-state index contributed by atoms with van der Waals surface area (Å²) in [4.78, 5) is 23.7. The molecule has 2 atom stereocenters. The van der Waals surface area contributed by atoms with Crippen LogP contribution >= 0.6 is 0 Å². The Kier molecular flexibility index (Phi) is 6.12. The number of aromatic nitrogens is 1. The molecule has 0 saturated carbocycles. The van der Waals surface area contributed by atoms with Gasteiger partial charge in [-0.2, -0.15) is 5.26 Å². The predicted octanol–water partition coefficient (Wildman–Crippen LogP) is 1.32. The van der Waals surface area contributed by atoms with Crippen LogP contribution in [0.4, 0.5) is 0 Å². The first kappa shape index (κ1) is 20.3. The van der Waals surface area contributed by atoms with Crippen molar-refractivity contribution in [2.45, 2.75) is 18.6 Å². The van der Waals surface area contributed by atoms with Crippen molar-refractivity contribution in [1.29, 1.82) is 5.26 Å². The molecule has 0 aliphatic heterocycles. The van der Waals surface area contributed by atoms with Crippen LogP contribution in [0.15, 0.2) is 51.7 Å². The Morgan fingerprint density at radius 3 is 2.59 bits per heavy atom. The number of fused-ring (bicyclic) bond motifs is 1. The zero-order valence-electron chi connectivity index (χ0n) is 16.2. The number of oxazole rings is 1. The van der Waals surface area contributed by atoms with Crippen LogP contribution in [-0.2, 0) is 23.0 Å². The average molecular weight is 394 g/mol. The fourth-order valence-electron chi connectivity index (χ4n) is 3.08. The molecule has 3 aromatic rings. The minimum Gasteiger partial charge on any atom is -0.408 e. The van der Waals surface area contributed by atoms with Gasteiger partial charge in [-0.15, -0.1) is 0 Å². The van der Waals surface area contributed by atoms with Crippen LogP contribution in [-0.4, -0.2) is 36.3 Å². The normalized spacial score (nSPS) is 13.0. The molecule has 8 nitrogen and oxygen atoms in total. The van der Waals surface area contributed by atoms with Gasteiger partial charge in [0.2, 0.25) is 0 Å². The number of carbonyl (C=O) groups excluding carboxylic acids is 1. The summed E-state index contributed by atoms with van der Waals surface area (Å²) in [5.74, 6) is -0.806. The molecule has 0 spiro atoms. The fourth-order valence-corrected chi connectivity index (χ4v) is 3.08. The van der Waals surface area contributed by atoms with Crippen molar-refractivity contribution >= 4 is 17.0 Å². The molecule has 0 aliphatic rings. The lowest BCUT2D eigenvalue weighted by molar-refractivity contribution is -0.130. The summed E-state index contributed by atoms with van der Waals surface area (Å²) in [5, 5.41) is 12.0. The highest BCUT2D eigenvalue weighted by Gasteiger charge is 2.20. The van der Waals surface area contributed by atoms with Crippen LogP contribution in [0.5, 0.6) is 0 Å². The Morgan fingerprint density at radius 1 is 1.28 bits per heavy atom. The quantitative estimate of drug-likeness (QED) is 0.623. The van der Waals surface area contributed by atoms with Gasteiger partial charge in [0, 0.05) is 27.1 Å². The summed E-state index contributed by atoms with van der Waals surface area (Å²) in [7, 11) is 3.06. The van der Waals surface area contributed by atoms with Crippen molar-refractivity contribution in [2.24, 2.45) is 12.8 Å². The predicted molar refractivity (Wildman–Crippen MR) is 108 cm³/mol. The molecule has 1 heterocycles. The maximum absolute atomic E-state index is 12.0. The van der Waals surface area contributed by atoms with Crippen molar-refractivity contribution in [3.63, 3.8) is 0 Å². The summed E-state index contributed by atoms with van der Waals surface area (Å²) in [6.45, 7) is 0.0434. The van der Waals surface area contributed by atoms with E-state index in [1.165, 1.54) is 11.7 Å². The van der Waals surface area contributed by atoms with Crippen LogP contribution in [0.3, 0.4) is 0 Å². The number of nitrogens with two attached hydrogens (primary N) is 1. The Bertz CT molecular complexity index is 1100. The number of benzene rings is 2. The molecule has 0 bridgehead atoms. The monoisotopic (exact) mass is 394 g/mol. The topological polar surface area (TPSA) is 123 Å². The SMILES string of the molecule is CO[C@H](CN)C(=O)N[C@H](C#N)Cc1ccc(-c2ccc3oc(=O)n(C)c3c2)cc1. The van der Waals surface area contributed by atoms with E-state index in [-0.39, 0.29) is 6.54 Å². The van der Waals surface area contributed by atoms with Crippen molar-refractivity contribution in [3.8, 4) is 17.2 Å². The number of carbonyl (C=O) groups is 1. The third kappa shape index (κ3) is 4.37. The molecule has 1 aromatic heterocycles. The molecule has 0 aliphatic carbocycles. The first-order chi connectivity index (χ1) is 14.0. The van der Waals surface area contributed by atoms with E-state index in [1.54, 1.807) is 13.1 Å². The molecule has 150 valence electrons. The second kappa shape index (κ2) is 8.73. The number of hydrogen-bond donors (Lipinski definition) is 2. The molecule has 1 amide bonds. The van der Waals surface area contributed by atoms with Gasteiger partial charge in [0.25, 0.3) is 5.91 Å². The molecular weight excluding hydrogens is 372 g/mol.